The van der Waals surface area contributed by atoms with Crippen LogP contribution in [0.4, 0.5) is 11.4 Å². The lowest BCUT2D eigenvalue weighted by Gasteiger charge is -2.58. The second kappa shape index (κ2) is 5.92. The Balaban J connectivity index is 1.82. The van der Waals surface area contributed by atoms with Crippen LogP contribution < -0.4 is 11.1 Å². The van der Waals surface area contributed by atoms with E-state index in [1.54, 1.807) is 0 Å². The average molecular weight is 348 g/mol. The highest BCUT2D eigenvalue weighted by Gasteiger charge is 2.53. The summed E-state index contributed by atoms with van der Waals surface area (Å²) in [6.45, 7) is 1.16. The van der Waals surface area contributed by atoms with E-state index >= 15 is 0 Å². The SMILES string of the molecule is CN1CC[C@]23CCCC[C@H]2[C@H]1Cc1cc(N)c(NC(=O)CCl)cc13. The van der Waals surface area contributed by atoms with Gasteiger partial charge in [-0.15, -0.1) is 11.6 Å². The van der Waals surface area contributed by atoms with E-state index in [9.17, 15) is 4.79 Å². The predicted octanol–water partition coefficient (Wildman–Crippen LogP) is 3.13. The minimum absolute atomic E-state index is 0.0445. The molecular formula is C19H26ClN3O. The summed E-state index contributed by atoms with van der Waals surface area (Å²) < 4.78 is 0. The first-order valence-electron chi connectivity index (χ1n) is 9.04. The number of likely N-dealkylation sites (tertiary alicyclic amines) is 1. The quantitative estimate of drug-likeness (QED) is 0.638. The molecule has 130 valence electrons. The van der Waals surface area contributed by atoms with Gasteiger partial charge in [0.1, 0.15) is 5.88 Å². The number of likely N-dealkylation sites (N-methyl/N-ethyl adjacent to an activating group) is 1. The molecule has 2 bridgehead atoms. The number of alkyl halides is 1. The van der Waals surface area contributed by atoms with E-state index in [0.29, 0.717) is 11.7 Å². The van der Waals surface area contributed by atoms with Crippen molar-refractivity contribution in [3.8, 4) is 0 Å². The van der Waals surface area contributed by atoms with Crippen LogP contribution in [0.1, 0.15) is 43.2 Å². The Morgan fingerprint density at radius 3 is 3.04 bits per heavy atom. The lowest BCUT2D eigenvalue weighted by atomic mass is 9.52. The molecule has 2 aliphatic carbocycles. The Bertz CT molecular complexity index is 677. The second-order valence-corrected chi connectivity index (χ2v) is 8.06. The number of nitrogen functional groups attached to an aromatic ring is 1. The lowest BCUT2D eigenvalue weighted by molar-refractivity contribution is -0.113. The minimum Gasteiger partial charge on any atom is -0.397 e. The molecule has 1 heterocycles. The van der Waals surface area contributed by atoms with E-state index in [0.717, 1.165) is 24.6 Å². The Morgan fingerprint density at radius 1 is 1.42 bits per heavy atom. The van der Waals surface area contributed by atoms with Crippen LogP contribution in [0.3, 0.4) is 0 Å². The van der Waals surface area contributed by atoms with Gasteiger partial charge in [0.15, 0.2) is 0 Å². The topological polar surface area (TPSA) is 58.4 Å². The van der Waals surface area contributed by atoms with Gasteiger partial charge in [0.25, 0.3) is 0 Å². The lowest BCUT2D eigenvalue weighted by Crippen LogP contribution is -2.59. The number of nitrogens with zero attached hydrogens (tertiary/aromatic N) is 1. The van der Waals surface area contributed by atoms with Crippen molar-refractivity contribution in [2.75, 3.05) is 30.5 Å². The van der Waals surface area contributed by atoms with Crippen molar-refractivity contribution in [1.29, 1.82) is 0 Å². The van der Waals surface area contributed by atoms with Gasteiger partial charge in [-0.05, 0) is 68.5 Å². The van der Waals surface area contributed by atoms with Crippen molar-refractivity contribution < 1.29 is 4.79 Å². The molecule has 3 N–H and O–H groups in total. The highest BCUT2D eigenvalue weighted by molar-refractivity contribution is 6.29. The molecule has 0 spiro atoms. The molecule has 3 aliphatic rings. The van der Waals surface area contributed by atoms with Crippen LogP contribution in [-0.2, 0) is 16.6 Å². The van der Waals surface area contributed by atoms with Gasteiger partial charge < -0.3 is 16.0 Å². The molecule has 3 atom stereocenters. The zero-order valence-electron chi connectivity index (χ0n) is 14.3. The average Bonchev–Trinajstić information content (AvgIpc) is 2.59. The Hall–Kier alpha value is -1.26. The number of amides is 1. The number of hydrogen-bond acceptors (Lipinski definition) is 3. The minimum atomic E-state index is -0.196. The van der Waals surface area contributed by atoms with E-state index in [1.165, 1.54) is 43.2 Å². The van der Waals surface area contributed by atoms with Gasteiger partial charge >= 0.3 is 0 Å². The van der Waals surface area contributed by atoms with Gasteiger partial charge in [0.05, 0.1) is 11.4 Å². The number of hydrogen-bond donors (Lipinski definition) is 2. The first-order chi connectivity index (χ1) is 11.5. The number of benzene rings is 1. The highest BCUT2D eigenvalue weighted by Crippen LogP contribution is 2.56. The molecular weight excluding hydrogens is 322 g/mol. The maximum atomic E-state index is 11.7. The predicted molar refractivity (Wildman–Crippen MR) is 98.6 cm³/mol. The number of halogens is 1. The van der Waals surface area contributed by atoms with Crippen molar-refractivity contribution >= 4 is 28.9 Å². The van der Waals surface area contributed by atoms with Crippen LogP contribution in [0, 0.1) is 5.92 Å². The molecule has 24 heavy (non-hydrogen) atoms. The van der Waals surface area contributed by atoms with Crippen LogP contribution >= 0.6 is 11.6 Å². The monoisotopic (exact) mass is 347 g/mol. The van der Waals surface area contributed by atoms with Crippen molar-refractivity contribution in [3.63, 3.8) is 0 Å². The molecule has 1 aliphatic heterocycles. The fourth-order valence-corrected chi connectivity index (χ4v) is 5.63. The van der Waals surface area contributed by atoms with E-state index in [-0.39, 0.29) is 17.2 Å². The molecule has 4 rings (SSSR count). The summed E-state index contributed by atoms with van der Waals surface area (Å²) in [5.41, 5.74) is 10.7. The van der Waals surface area contributed by atoms with Gasteiger partial charge in [-0.25, -0.2) is 0 Å². The smallest absolute Gasteiger partial charge is 0.239 e. The summed E-state index contributed by atoms with van der Waals surface area (Å²) in [5, 5.41) is 2.88. The normalized spacial score (nSPS) is 31.9. The largest absolute Gasteiger partial charge is 0.397 e. The first-order valence-corrected chi connectivity index (χ1v) is 9.57. The summed E-state index contributed by atoms with van der Waals surface area (Å²) in [6, 6.07) is 4.89. The van der Waals surface area contributed by atoms with E-state index in [1.807, 2.05) is 0 Å². The van der Waals surface area contributed by atoms with E-state index < -0.39 is 0 Å². The summed E-state index contributed by atoms with van der Waals surface area (Å²) in [5.74, 6) is 0.493. The zero-order valence-corrected chi connectivity index (χ0v) is 15.0. The van der Waals surface area contributed by atoms with Crippen molar-refractivity contribution in [1.82, 2.24) is 4.90 Å². The highest BCUT2D eigenvalue weighted by atomic mass is 35.5. The summed E-state index contributed by atoms with van der Waals surface area (Å²) in [4.78, 5) is 14.3. The fraction of sp³-hybridized carbons (Fsp3) is 0.632. The standard InChI is InChI=1S/C19H26ClN3O/c1-23-7-6-19-5-3-2-4-13(19)17(23)9-12-8-15(21)16(10-14(12)19)22-18(24)11-20/h8,10,13,17H,2-7,9,11,21H2,1H3,(H,22,24)/t13-,17+,19+/m0/s1. The van der Waals surface area contributed by atoms with Crippen molar-refractivity contribution in [2.45, 2.75) is 50.0 Å². The Kier molecular flexibility index (Phi) is 4.00. The summed E-state index contributed by atoms with van der Waals surface area (Å²) >= 11 is 5.65. The van der Waals surface area contributed by atoms with Crippen molar-refractivity contribution in [3.05, 3.63) is 23.3 Å². The summed E-state index contributed by atoms with van der Waals surface area (Å²) in [6.07, 6.45) is 7.53. The molecule has 5 heteroatoms. The van der Waals surface area contributed by atoms with Crippen LogP contribution in [0.25, 0.3) is 0 Å². The number of nitrogens with one attached hydrogen (secondary N) is 1. The Morgan fingerprint density at radius 2 is 2.25 bits per heavy atom. The number of anilines is 2. The third kappa shape index (κ3) is 2.34. The van der Waals surface area contributed by atoms with Gasteiger partial charge in [0.2, 0.25) is 5.91 Å². The third-order valence-corrected chi connectivity index (χ3v) is 6.92. The van der Waals surface area contributed by atoms with E-state index in [4.69, 9.17) is 17.3 Å². The number of carbonyl (C=O) groups is 1. The van der Waals surface area contributed by atoms with E-state index in [2.05, 4.69) is 29.4 Å². The van der Waals surface area contributed by atoms with Gasteiger partial charge in [-0.2, -0.15) is 0 Å². The maximum absolute atomic E-state index is 11.7. The zero-order chi connectivity index (χ0) is 16.9. The Labute approximate surface area is 148 Å². The van der Waals surface area contributed by atoms with Crippen LogP contribution in [0.15, 0.2) is 12.1 Å². The molecule has 0 radical (unpaired) electrons. The number of carbonyl (C=O) groups excluding carboxylic acids is 1. The van der Waals surface area contributed by atoms with Crippen LogP contribution in [-0.4, -0.2) is 36.3 Å². The maximum Gasteiger partial charge on any atom is 0.239 e. The molecule has 2 fully saturated rings. The molecule has 1 amide bonds. The van der Waals surface area contributed by atoms with Gasteiger partial charge in [-0.1, -0.05) is 12.8 Å². The van der Waals surface area contributed by atoms with Crippen LogP contribution in [0.5, 0.6) is 0 Å². The fourth-order valence-electron chi connectivity index (χ4n) is 5.57. The molecule has 1 saturated heterocycles. The third-order valence-electron chi connectivity index (χ3n) is 6.68. The van der Waals surface area contributed by atoms with Gasteiger partial charge in [-0.3, -0.25) is 4.79 Å². The number of fused-ring (bicyclic) bond motifs is 1. The number of piperidine rings is 1. The first kappa shape index (κ1) is 16.2. The number of rotatable bonds is 2. The van der Waals surface area contributed by atoms with Gasteiger partial charge in [0, 0.05) is 11.5 Å². The molecule has 4 nitrogen and oxygen atoms in total. The summed E-state index contributed by atoms with van der Waals surface area (Å²) in [7, 11) is 2.27. The second-order valence-electron chi connectivity index (χ2n) is 7.79. The van der Waals surface area contributed by atoms with Crippen molar-refractivity contribution in [2.24, 2.45) is 5.92 Å². The molecule has 1 aromatic carbocycles. The molecule has 0 unspecified atom stereocenters. The van der Waals surface area contributed by atoms with Crippen LogP contribution in [0.2, 0.25) is 0 Å². The molecule has 1 aromatic rings. The molecule has 1 saturated carbocycles. The number of nitrogens with two attached hydrogens (primary N) is 1. The molecule has 0 aromatic heterocycles.